The van der Waals surface area contributed by atoms with Crippen LogP contribution < -0.4 is 9.47 Å². The molecule has 1 aromatic rings. The van der Waals surface area contributed by atoms with Crippen molar-refractivity contribution in [3.8, 4) is 17.6 Å². The van der Waals surface area contributed by atoms with Gasteiger partial charge >= 0.3 is 6.61 Å². The molecule has 0 radical (unpaired) electrons. The van der Waals surface area contributed by atoms with Crippen LogP contribution in [0.4, 0.5) is 8.78 Å². The molecule has 0 unspecified atom stereocenters. The SMILES string of the molecule is COc1ccc(CCC#N)c(OC(F)F)c1. The molecule has 0 N–H and O–H groups in total. The molecule has 0 atom stereocenters. The Labute approximate surface area is 92.2 Å². The third-order valence-electron chi connectivity index (χ3n) is 2.00. The number of nitriles is 1. The fraction of sp³-hybridized carbons (Fsp3) is 0.364. The summed E-state index contributed by atoms with van der Waals surface area (Å²) in [5.74, 6) is 0.501. The van der Waals surface area contributed by atoms with E-state index in [-0.39, 0.29) is 12.2 Å². The molecule has 5 heteroatoms. The Bertz CT molecular complexity index is 388. The Morgan fingerprint density at radius 2 is 2.19 bits per heavy atom. The molecule has 0 saturated carbocycles. The summed E-state index contributed by atoms with van der Waals surface area (Å²) in [6.45, 7) is -2.88. The lowest BCUT2D eigenvalue weighted by atomic mass is 10.1. The smallest absolute Gasteiger partial charge is 0.387 e. The lowest BCUT2D eigenvalue weighted by molar-refractivity contribution is -0.0505. The van der Waals surface area contributed by atoms with E-state index in [1.165, 1.54) is 13.2 Å². The topological polar surface area (TPSA) is 42.2 Å². The maximum absolute atomic E-state index is 12.1. The molecule has 0 spiro atoms. The van der Waals surface area contributed by atoms with E-state index >= 15 is 0 Å². The number of nitrogens with zero attached hydrogens (tertiary/aromatic N) is 1. The molecule has 0 saturated heterocycles. The first-order valence-corrected chi connectivity index (χ1v) is 4.66. The van der Waals surface area contributed by atoms with Crippen LogP contribution in [0.15, 0.2) is 18.2 Å². The molecule has 0 bridgehead atoms. The summed E-state index contributed by atoms with van der Waals surface area (Å²) >= 11 is 0. The average Bonchev–Trinajstić information content (AvgIpc) is 2.26. The number of alkyl halides is 2. The zero-order valence-corrected chi connectivity index (χ0v) is 8.74. The first kappa shape index (κ1) is 12.2. The van der Waals surface area contributed by atoms with Crippen LogP contribution in [0.1, 0.15) is 12.0 Å². The first-order chi connectivity index (χ1) is 7.67. The van der Waals surface area contributed by atoms with E-state index in [9.17, 15) is 8.78 Å². The fourth-order valence-corrected chi connectivity index (χ4v) is 1.26. The summed E-state index contributed by atoms with van der Waals surface area (Å²) in [6.07, 6.45) is 0.633. The maximum Gasteiger partial charge on any atom is 0.387 e. The van der Waals surface area contributed by atoms with Gasteiger partial charge in [-0.1, -0.05) is 6.07 Å². The highest BCUT2D eigenvalue weighted by Crippen LogP contribution is 2.27. The molecule has 0 aliphatic heterocycles. The molecule has 86 valence electrons. The van der Waals surface area contributed by atoms with E-state index in [0.717, 1.165) is 0 Å². The molecular formula is C11H11F2NO2. The summed E-state index contributed by atoms with van der Waals surface area (Å²) in [5, 5.41) is 8.44. The van der Waals surface area contributed by atoms with Gasteiger partial charge in [0.05, 0.1) is 13.2 Å². The van der Waals surface area contributed by atoms with Crippen molar-refractivity contribution < 1.29 is 18.3 Å². The molecule has 0 aromatic heterocycles. The Balaban J connectivity index is 2.92. The number of hydrogen-bond donors (Lipinski definition) is 0. The maximum atomic E-state index is 12.1. The molecule has 1 rings (SSSR count). The third-order valence-corrected chi connectivity index (χ3v) is 2.00. The molecular weight excluding hydrogens is 216 g/mol. The second kappa shape index (κ2) is 5.91. The van der Waals surface area contributed by atoms with Crippen molar-refractivity contribution >= 4 is 0 Å². The van der Waals surface area contributed by atoms with Gasteiger partial charge in [-0.2, -0.15) is 14.0 Å². The van der Waals surface area contributed by atoms with E-state index in [0.29, 0.717) is 17.7 Å². The van der Waals surface area contributed by atoms with E-state index in [4.69, 9.17) is 10.00 Å². The van der Waals surface area contributed by atoms with Crippen molar-refractivity contribution in [3.05, 3.63) is 23.8 Å². The molecule has 0 heterocycles. The minimum Gasteiger partial charge on any atom is -0.497 e. The number of benzene rings is 1. The second-order valence-corrected chi connectivity index (χ2v) is 3.01. The van der Waals surface area contributed by atoms with Gasteiger partial charge in [0, 0.05) is 12.5 Å². The molecule has 0 amide bonds. The highest BCUT2D eigenvalue weighted by Gasteiger charge is 2.10. The van der Waals surface area contributed by atoms with Crippen molar-refractivity contribution in [2.75, 3.05) is 7.11 Å². The molecule has 0 fully saturated rings. The minimum absolute atomic E-state index is 0.0598. The van der Waals surface area contributed by atoms with E-state index in [2.05, 4.69) is 4.74 Å². The summed E-state index contributed by atoms with van der Waals surface area (Å²) in [5.41, 5.74) is 0.572. The Kier molecular flexibility index (Phi) is 4.52. The summed E-state index contributed by atoms with van der Waals surface area (Å²) in [7, 11) is 1.44. The molecule has 16 heavy (non-hydrogen) atoms. The molecule has 1 aromatic carbocycles. The Hall–Kier alpha value is -1.83. The van der Waals surface area contributed by atoms with Crippen LogP contribution in [0.2, 0.25) is 0 Å². The molecule has 0 aliphatic carbocycles. The van der Waals surface area contributed by atoms with Gasteiger partial charge in [0.2, 0.25) is 0 Å². The normalized spacial score (nSPS) is 9.94. The largest absolute Gasteiger partial charge is 0.497 e. The van der Waals surface area contributed by atoms with Crippen molar-refractivity contribution in [2.45, 2.75) is 19.5 Å². The number of hydrogen-bond acceptors (Lipinski definition) is 3. The standard InChI is InChI=1S/C11H11F2NO2/c1-15-9-5-4-8(3-2-6-14)10(7-9)16-11(12)13/h4-5,7,11H,2-3H2,1H3. The second-order valence-electron chi connectivity index (χ2n) is 3.01. The Morgan fingerprint density at radius 1 is 1.44 bits per heavy atom. The van der Waals surface area contributed by atoms with E-state index in [1.807, 2.05) is 6.07 Å². The van der Waals surface area contributed by atoms with Crippen LogP contribution in [0, 0.1) is 11.3 Å². The average molecular weight is 227 g/mol. The van der Waals surface area contributed by atoms with Crippen LogP contribution in [0.5, 0.6) is 11.5 Å². The van der Waals surface area contributed by atoms with Crippen LogP contribution in [0.25, 0.3) is 0 Å². The van der Waals surface area contributed by atoms with Gasteiger partial charge in [-0.25, -0.2) is 0 Å². The summed E-state index contributed by atoms with van der Waals surface area (Å²) < 4.78 is 33.5. The van der Waals surface area contributed by atoms with Gasteiger partial charge in [0.25, 0.3) is 0 Å². The van der Waals surface area contributed by atoms with Gasteiger partial charge in [-0.15, -0.1) is 0 Å². The van der Waals surface area contributed by atoms with Gasteiger partial charge in [0.15, 0.2) is 0 Å². The summed E-state index contributed by atoms with van der Waals surface area (Å²) in [6, 6.07) is 6.60. The zero-order chi connectivity index (χ0) is 12.0. The highest BCUT2D eigenvalue weighted by molar-refractivity contribution is 5.41. The van der Waals surface area contributed by atoms with Gasteiger partial charge < -0.3 is 9.47 Å². The number of ether oxygens (including phenoxy) is 2. The lowest BCUT2D eigenvalue weighted by Crippen LogP contribution is -2.04. The third kappa shape index (κ3) is 3.39. The van der Waals surface area contributed by atoms with Crippen molar-refractivity contribution in [1.29, 1.82) is 5.26 Å². The zero-order valence-electron chi connectivity index (χ0n) is 8.74. The number of halogens is 2. The highest BCUT2D eigenvalue weighted by atomic mass is 19.3. The van der Waals surface area contributed by atoms with Crippen molar-refractivity contribution in [1.82, 2.24) is 0 Å². The number of methoxy groups -OCH3 is 1. The van der Waals surface area contributed by atoms with E-state index in [1.54, 1.807) is 12.1 Å². The predicted molar refractivity (Wildman–Crippen MR) is 53.6 cm³/mol. The van der Waals surface area contributed by atoms with Crippen molar-refractivity contribution in [3.63, 3.8) is 0 Å². The fourth-order valence-electron chi connectivity index (χ4n) is 1.26. The number of aryl methyl sites for hydroxylation is 1. The lowest BCUT2D eigenvalue weighted by Gasteiger charge is -2.11. The minimum atomic E-state index is -2.88. The van der Waals surface area contributed by atoms with Crippen LogP contribution in [-0.2, 0) is 6.42 Å². The van der Waals surface area contributed by atoms with Crippen LogP contribution in [0.3, 0.4) is 0 Å². The molecule has 3 nitrogen and oxygen atoms in total. The van der Waals surface area contributed by atoms with Crippen LogP contribution >= 0.6 is 0 Å². The van der Waals surface area contributed by atoms with Crippen LogP contribution in [-0.4, -0.2) is 13.7 Å². The molecule has 0 aliphatic rings. The first-order valence-electron chi connectivity index (χ1n) is 4.66. The summed E-state index contributed by atoms with van der Waals surface area (Å²) in [4.78, 5) is 0. The van der Waals surface area contributed by atoms with E-state index < -0.39 is 6.61 Å². The quantitative estimate of drug-likeness (QED) is 0.776. The number of rotatable bonds is 5. The van der Waals surface area contributed by atoms with Gasteiger partial charge in [-0.3, -0.25) is 0 Å². The Morgan fingerprint density at radius 3 is 2.75 bits per heavy atom. The monoisotopic (exact) mass is 227 g/mol. The van der Waals surface area contributed by atoms with Gasteiger partial charge in [0.1, 0.15) is 11.5 Å². The predicted octanol–water partition coefficient (Wildman–Crippen LogP) is 2.75. The van der Waals surface area contributed by atoms with Crippen molar-refractivity contribution in [2.24, 2.45) is 0 Å². The van der Waals surface area contributed by atoms with Gasteiger partial charge in [-0.05, 0) is 18.1 Å².